The van der Waals surface area contributed by atoms with E-state index in [1.807, 2.05) is 0 Å². The first-order valence-electron chi connectivity index (χ1n) is 6.05. The lowest BCUT2D eigenvalue weighted by atomic mass is 10.1. The maximum atomic E-state index is 12.1. The second-order valence-electron chi connectivity index (χ2n) is 4.28. The van der Waals surface area contributed by atoms with Crippen LogP contribution in [0.25, 0.3) is 0 Å². The topological polar surface area (TPSA) is 59.8 Å². The number of carbonyl (C=O) groups excluding carboxylic acids is 1. The average Bonchev–Trinajstić information content (AvgIpc) is 2.74. The van der Waals surface area contributed by atoms with Crippen LogP contribution in [0.5, 0.6) is 0 Å². The van der Waals surface area contributed by atoms with Gasteiger partial charge in [0.25, 0.3) is 5.91 Å². The lowest BCUT2D eigenvalue weighted by Crippen LogP contribution is -2.12. The van der Waals surface area contributed by atoms with Gasteiger partial charge in [-0.2, -0.15) is 5.10 Å². The summed E-state index contributed by atoms with van der Waals surface area (Å²) in [6.45, 7) is 2.05. The van der Waals surface area contributed by atoms with E-state index in [-0.39, 0.29) is 5.91 Å². The highest BCUT2D eigenvalue weighted by Gasteiger charge is 2.10. The van der Waals surface area contributed by atoms with Crippen molar-refractivity contribution in [1.82, 2.24) is 14.8 Å². The number of nitrogens with zero attached hydrogens (tertiary/aromatic N) is 3. The molecule has 0 saturated carbocycles. The molecule has 0 spiro atoms. The van der Waals surface area contributed by atoms with E-state index in [0.29, 0.717) is 16.4 Å². The molecule has 2 heterocycles. The number of pyridine rings is 1. The molecule has 6 heteroatoms. The minimum Gasteiger partial charge on any atom is -0.319 e. The van der Waals surface area contributed by atoms with Gasteiger partial charge in [0.05, 0.1) is 11.9 Å². The molecule has 2 aromatic rings. The smallest absolute Gasteiger partial charge is 0.255 e. The molecule has 5 nitrogen and oxygen atoms in total. The molecule has 2 rings (SSSR count). The quantitative estimate of drug-likeness (QED) is 0.875. The van der Waals surface area contributed by atoms with E-state index < -0.39 is 0 Å². The number of hydrogen-bond donors (Lipinski definition) is 1. The Morgan fingerprint density at radius 1 is 1.47 bits per heavy atom. The van der Waals surface area contributed by atoms with Gasteiger partial charge in [-0.05, 0) is 18.6 Å². The molecule has 1 N–H and O–H groups in total. The predicted octanol–water partition coefficient (Wildman–Crippen LogP) is 2.67. The Labute approximate surface area is 116 Å². The van der Waals surface area contributed by atoms with Crippen molar-refractivity contribution in [3.8, 4) is 0 Å². The minimum atomic E-state index is -0.213. The van der Waals surface area contributed by atoms with Gasteiger partial charge in [0.15, 0.2) is 0 Å². The van der Waals surface area contributed by atoms with Crippen LogP contribution in [0.4, 0.5) is 5.69 Å². The fourth-order valence-corrected chi connectivity index (χ4v) is 1.98. The van der Waals surface area contributed by atoms with Crippen LogP contribution in [0.2, 0.25) is 5.15 Å². The van der Waals surface area contributed by atoms with Crippen molar-refractivity contribution in [2.24, 2.45) is 7.05 Å². The number of nitrogens with one attached hydrogen (secondary N) is 1. The number of anilines is 1. The minimum absolute atomic E-state index is 0.213. The number of hydrogen-bond acceptors (Lipinski definition) is 3. The van der Waals surface area contributed by atoms with E-state index >= 15 is 0 Å². The van der Waals surface area contributed by atoms with Crippen molar-refractivity contribution < 1.29 is 4.79 Å². The number of aromatic nitrogens is 3. The summed E-state index contributed by atoms with van der Waals surface area (Å²) in [5, 5.41) is 7.09. The van der Waals surface area contributed by atoms with Crippen LogP contribution in [0.15, 0.2) is 24.5 Å². The summed E-state index contributed by atoms with van der Waals surface area (Å²) in [5.74, 6) is -0.213. The van der Waals surface area contributed by atoms with Gasteiger partial charge in [-0.25, -0.2) is 4.98 Å². The molecule has 0 radical (unpaired) electrons. The molecule has 0 aliphatic heterocycles. The number of amides is 1. The summed E-state index contributed by atoms with van der Waals surface area (Å²) in [4.78, 5) is 16.3. The van der Waals surface area contributed by atoms with Gasteiger partial charge in [-0.1, -0.05) is 24.9 Å². The normalized spacial score (nSPS) is 10.5. The Kier molecular flexibility index (Phi) is 4.16. The molecular formula is C13H15ClN4O. The Bertz CT molecular complexity index is 594. The Morgan fingerprint density at radius 2 is 2.26 bits per heavy atom. The second kappa shape index (κ2) is 5.84. The van der Waals surface area contributed by atoms with Crippen LogP contribution in [0, 0.1) is 0 Å². The van der Waals surface area contributed by atoms with Crippen molar-refractivity contribution in [2.75, 3.05) is 5.32 Å². The zero-order valence-corrected chi connectivity index (χ0v) is 11.6. The van der Waals surface area contributed by atoms with E-state index in [0.717, 1.165) is 18.5 Å². The molecule has 0 aromatic carbocycles. The van der Waals surface area contributed by atoms with Crippen molar-refractivity contribution in [3.63, 3.8) is 0 Å². The van der Waals surface area contributed by atoms with Gasteiger partial charge < -0.3 is 5.32 Å². The van der Waals surface area contributed by atoms with E-state index in [2.05, 4.69) is 22.3 Å². The molecule has 0 fully saturated rings. The lowest BCUT2D eigenvalue weighted by Gasteiger charge is -2.05. The molecule has 2 aromatic heterocycles. The first kappa shape index (κ1) is 13.5. The molecule has 0 aliphatic rings. The number of halogens is 1. The Balaban J connectivity index is 2.18. The summed E-state index contributed by atoms with van der Waals surface area (Å²) in [6, 6.07) is 3.33. The molecule has 0 aliphatic carbocycles. The van der Waals surface area contributed by atoms with Gasteiger partial charge in [-0.15, -0.1) is 0 Å². The standard InChI is InChI=1S/C13H15ClN4O/c1-3-4-10-5-9(6-12(14)16-10)13(19)17-11-7-15-18(2)8-11/h5-8H,3-4H2,1-2H3,(H,17,19). The van der Waals surface area contributed by atoms with E-state index in [9.17, 15) is 4.79 Å². The predicted molar refractivity (Wildman–Crippen MR) is 74.4 cm³/mol. The van der Waals surface area contributed by atoms with Gasteiger partial charge in [0.2, 0.25) is 0 Å². The fourth-order valence-electron chi connectivity index (χ4n) is 1.76. The first-order valence-corrected chi connectivity index (χ1v) is 6.42. The molecule has 0 unspecified atom stereocenters. The number of aryl methyl sites for hydroxylation is 2. The van der Waals surface area contributed by atoms with E-state index in [4.69, 9.17) is 11.6 Å². The highest BCUT2D eigenvalue weighted by molar-refractivity contribution is 6.29. The van der Waals surface area contributed by atoms with Gasteiger partial charge in [0.1, 0.15) is 5.15 Å². The van der Waals surface area contributed by atoms with Crippen molar-refractivity contribution in [3.05, 3.63) is 40.9 Å². The summed E-state index contributed by atoms with van der Waals surface area (Å²) in [5.41, 5.74) is 1.98. The largest absolute Gasteiger partial charge is 0.319 e. The fraction of sp³-hybridized carbons (Fsp3) is 0.308. The van der Waals surface area contributed by atoms with Gasteiger partial charge in [0, 0.05) is 24.5 Å². The third-order valence-electron chi connectivity index (χ3n) is 2.58. The molecule has 100 valence electrons. The maximum absolute atomic E-state index is 12.1. The Morgan fingerprint density at radius 3 is 2.89 bits per heavy atom. The SMILES string of the molecule is CCCc1cc(C(=O)Nc2cnn(C)c2)cc(Cl)n1. The summed E-state index contributed by atoms with van der Waals surface area (Å²) in [7, 11) is 1.79. The van der Waals surface area contributed by atoms with Crippen LogP contribution < -0.4 is 5.32 Å². The third kappa shape index (κ3) is 3.54. The van der Waals surface area contributed by atoms with Crippen molar-refractivity contribution >= 4 is 23.2 Å². The highest BCUT2D eigenvalue weighted by Crippen LogP contribution is 2.14. The zero-order valence-electron chi connectivity index (χ0n) is 10.9. The number of rotatable bonds is 4. The summed E-state index contributed by atoms with van der Waals surface area (Å²) in [6.07, 6.45) is 5.08. The van der Waals surface area contributed by atoms with Crippen LogP contribution in [0.1, 0.15) is 29.4 Å². The molecular weight excluding hydrogens is 264 g/mol. The number of carbonyl (C=O) groups is 1. The van der Waals surface area contributed by atoms with Gasteiger partial charge in [-0.3, -0.25) is 9.48 Å². The maximum Gasteiger partial charge on any atom is 0.255 e. The van der Waals surface area contributed by atoms with E-state index in [1.165, 1.54) is 0 Å². The molecule has 0 atom stereocenters. The molecule has 1 amide bonds. The van der Waals surface area contributed by atoms with Crippen LogP contribution in [-0.4, -0.2) is 20.7 Å². The monoisotopic (exact) mass is 278 g/mol. The summed E-state index contributed by atoms with van der Waals surface area (Å²) < 4.78 is 1.62. The van der Waals surface area contributed by atoms with Crippen molar-refractivity contribution in [2.45, 2.75) is 19.8 Å². The first-order chi connectivity index (χ1) is 9.08. The Hall–Kier alpha value is -1.88. The average molecular weight is 279 g/mol. The highest BCUT2D eigenvalue weighted by atomic mass is 35.5. The van der Waals surface area contributed by atoms with Gasteiger partial charge >= 0.3 is 0 Å². The summed E-state index contributed by atoms with van der Waals surface area (Å²) >= 11 is 5.93. The van der Waals surface area contributed by atoms with Crippen molar-refractivity contribution in [1.29, 1.82) is 0 Å². The molecule has 0 saturated heterocycles. The van der Waals surface area contributed by atoms with Crippen LogP contribution in [-0.2, 0) is 13.5 Å². The van der Waals surface area contributed by atoms with Crippen LogP contribution in [0.3, 0.4) is 0 Å². The molecule has 19 heavy (non-hydrogen) atoms. The van der Waals surface area contributed by atoms with Crippen LogP contribution >= 0.6 is 11.6 Å². The third-order valence-corrected chi connectivity index (χ3v) is 2.77. The second-order valence-corrected chi connectivity index (χ2v) is 4.66. The molecule has 0 bridgehead atoms. The van der Waals surface area contributed by atoms with E-state index in [1.54, 1.807) is 36.3 Å². The zero-order chi connectivity index (χ0) is 13.8. The lowest BCUT2D eigenvalue weighted by molar-refractivity contribution is 0.102.